The fourth-order valence-electron chi connectivity index (χ4n) is 1.92. The predicted molar refractivity (Wildman–Crippen MR) is 85.7 cm³/mol. The van der Waals surface area contributed by atoms with Crippen molar-refractivity contribution in [2.24, 2.45) is 5.84 Å². The molecule has 0 aliphatic carbocycles. The van der Waals surface area contributed by atoms with Crippen LogP contribution in [0.1, 0.15) is 24.7 Å². The molecule has 5 nitrogen and oxygen atoms in total. The number of aryl methyl sites for hydroxylation is 1. The highest BCUT2D eigenvalue weighted by molar-refractivity contribution is 7.99. The van der Waals surface area contributed by atoms with Gasteiger partial charge in [-0.2, -0.15) is 0 Å². The Bertz CT molecular complexity index is 619. The van der Waals surface area contributed by atoms with Crippen molar-refractivity contribution in [3.63, 3.8) is 0 Å². The first-order chi connectivity index (χ1) is 10.2. The molecule has 3 N–H and O–H groups in total. The molecule has 21 heavy (non-hydrogen) atoms. The van der Waals surface area contributed by atoms with Crippen LogP contribution in [-0.4, -0.2) is 17.1 Å². The van der Waals surface area contributed by atoms with Gasteiger partial charge in [-0.05, 0) is 25.5 Å². The number of ether oxygens (including phenoxy) is 1. The normalized spacial score (nSPS) is 10.5. The fourth-order valence-corrected chi connectivity index (χ4v) is 2.93. The molecule has 1 aromatic carbocycles. The number of nitrogen functional groups attached to an aromatic ring is 1. The third kappa shape index (κ3) is 3.65. The van der Waals surface area contributed by atoms with Crippen LogP contribution in [0.15, 0.2) is 34.2 Å². The van der Waals surface area contributed by atoms with Crippen LogP contribution in [0.4, 0.5) is 5.82 Å². The molecule has 0 aliphatic heterocycles. The molecule has 2 rings (SSSR count). The number of methoxy groups -OCH3 is 1. The van der Waals surface area contributed by atoms with Crippen molar-refractivity contribution in [2.45, 2.75) is 36.6 Å². The molecule has 0 unspecified atom stereocenters. The highest BCUT2D eigenvalue weighted by Gasteiger charge is 2.13. The topological polar surface area (TPSA) is 73.1 Å². The number of nitrogens with zero attached hydrogens (tertiary/aromatic N) is 2. The van der Waals surface area contributed by atoms with Gasteiger partial charge in [-0.25, -0.2) is 15.8 Å². The fraction of sp³-hybridized carbons (Fsp3) is 0.333. The van der Waals surface area contributed by atoms with E-state index in [1.165, 1.54) is 0 Å². The van der Waals surface area contributed by atoms with Crippen LogP contribution in [0.25, 0.3) is 0 Å². The number of hydrazine groups is 1. The van der Waals surface area contributed by atoms with Gasteiger partial charge in [0.05, 0.1) is 12.0 Å². The summed E-state index contributed by atoms with van der Waals surface area (Å²) in [7, 11) is 1.67. The van der Waals surface area contributed by atoms with E-state index >= 15 is 0 Å². The lowest BCUT2D eigenvalue weighted by molar-refractivity contribution is 0.405. The summed E-state index contributed by atoms with van der Waals surface area (Å²) in [6.07, 6.45) is 1.82. The summed E-state index contributed by atoms with van der Waals surface area (Å²) >= 11 is 1.56. The van der Waals surface area contributed by atoms with Crippen LogP contribution >= 0.6 is 11.8 Å². The molecule has 0 aliphatic rings. The van der Waals surface area contributed by atoms with Crippen molar-refractivity contribution in [3.05, 3.63) is 35.7 Å². The van der Waals surface area contributed by atoms with Crippen LogP contribution < -0.4 is 16.0 Å². The Morgan fingerprint density at radius 3 is 2.71 bits per heavy atom. The van der Waals surface area contributed by atoms with Gasteiger partial charge in [0.15, 0.2) is 0 Å². The summed E-state index contributed by atoms with van der Waals surface area (Å²) in [6.45, 7) is 4.06. The maximum absolute atomic E-state index is 5.56. The van der Waals surface area contributed by atoms with E-state index in [4.69, 9.17) is 10.6 Å². The van der Waals surface area contributed by atoms with Gasteiger partial charge in [0.1, 0.15) is 22.4 Å². The van der Waals surface area contributed by atoms with E-state index in [2.05, 4.69) is 22.3 Å². The molecule has 0 bridgehead atoms. The van der Waals surface area contributed by atoms with Gasteiger partial charge >= 0.3 is 0 Å². The Kier molecular flexibility index (Phi) is 5.41. The van der Waals surface area contributed by atoms with Crippen LogP contribution in [0.2, 0.25) is 0 Å². The molecule has 2 aromatic rings. The van der Waals surface area contributed by atoms with Gasteiger partial charge < -0.3 is 10.2 Å². The van der Waals surface area contributed by atoms with Crippen LogP contribution in [0, 0.1) is 6.92 Å². The third-order valence-corrected chi connectivity index (χ3v) is 4.18. The van der Waals surface area contributed by atoms with Crippen molar-refractivity contribution in [3.8, 4) is 5.75 Å². The number of nitrogens with two attached hydrogens (primary N) is 1. The highest BCUT2D eigenvalue weighted by atomic mass is 32.2. The zero-order chi connectivity index (χ0) is 15.2. The molecule has 0 amide bonds. The monoisotopic (exact) mass is 304 g/mol. The quantitative estimate of drug-likeness (QED) is 0.485. The lowest BCUT2D eigenvalue weighted by Gasteiger charge is -2.13. The lowest BCUT2D eigenvalue weighted by Crippen LogP contribution is -2.13. The first kappa shape index (κ1) is 15.6. The number of aromatic nitrogens is 2. The number of hydrogen-bond donors (Lipinski definition) is 2. The summed E-state index contributed by atoms with van der Waals surface area (Å²) in [6, 6.07) is 7.88. The van der Waals surface area contributed by atoms with Crippen LogP contribution in [0.5, 0.6) is 5.75 Å². The van der Waals surface area contributed by atoms with E-state index in [1.54, 1.807) is 18.9 Å². The molecular formula is C15H20N4OS. The number of anilines is 1. The van der Waals surface area contributed by atoms with E-state index < -0.39 is 0 Å². The molecule has 0 atom stereocenters. The van der Waals surface area contributed by atoms with Gasteiger partial charge in [0, 0.05) is 12.0 Å². The maximum atomic E-state index is 5.56. The first-order valence-electron chi connectivity index (χ1n) is 6.84. The zero-order valence-electron chi connectivity index (χ0n) is 12.5. The number of para-hydroxylation sites is 1. The minimum atomic E-state index is 0.672. The Morgan fingerprint density at radius 2 is 2.05 bits per heavy atom. The van der Waals surface area contributed by atoms with Gasteiger partial charge in [-0.15, -0.1) is 0 Å². The minimum absolute atomic E-state index is 0.672. The number of rotatable bonds is 6. The largest absolute Gasteiger partial charge is 0.496 e. The summed E-state index contributed by atoms with van der Waals surface area (Å²) in [5.41, 5.74) is 3.59. The third-order valence-electron chi connectivity index (χ3n) is 3.03. The molecule has 0 fully saturated rings. The average molecular weight is 304 g/mol. The van der Waals surface area contributed by atoms with Crippen LogP contribution in [-0.2, 0) is 6.42 Å². The highest BCUT2D eigenvalue weighted by Crippen LogP contribution is 2.36. The average Bonchev–Trinajstić information content (AvgIpc) is 2.51. The van der Waals surface area contributed by atoms with Gasteiger partial charge in [0.25, 0.3) is 0 Å². The first-order valence-corrected chi connectivity index (χ1v) is 7.66. The zero-order valence-corrected chi connectivity index (χ0v) is 13.3. The Labute approximate surface area is 129 Å². The number of nitrogens with one attached hydrogen (secondary N) is 1. The molecule has 112 valence electrons. The maximum Gasteiger partial charge on any atom is 0.147 e. The molecule has 1 aromatic heterocycles. The molecular weight excluding hydrogens is 284 g/mol. The molecule has 0 radical (unpaired) electrons. The van der Waals surface area contributed by atoms with Crippen molar-refractivity contribution >= 4 is 17.6 Å². The van der Waals surface area contributed by atoms with E-state index in [-0.39, 0.29) is 0 Å². The van der Waals surface area contributed by atoms with Crippen molar-refractivity contribution in [1.29, 1.82) is 0 Å². The molecule has 6 heteroatoms. The van der Waals surface area contributed by atoms with Crippen molar-refractivity contribution in [2.75, 3.05) is 12.5 Å². The summed E-state index contributed by atoms with van der Waals surface area (Å²) in [5, 5.41) is 0.894. The standard InChI is InChI=1S/C15H20N4OS/c1-4-7-13-17-14(19-16)10(2)15(18-13)21-12-9-6-5-8-11(12)20-3/h5-6,8-9H,4,7,16H2,1-3H3,(H,17,18,19). The van der Waals surface area contributed by atoms with Gasteiger partial charge in [0.2, 0.25) is 0 Å². The van der Waals surface area contributed by atoms with Crippen LogP contribution in [0.3, 0.4) is 0 Å². The molecule has 0 saturated heterocycles. The number of hydrogen-bond acceptors (Lipinski definition) is 6. The molecule has 0 saturated carbocycles. The Hall–Kier alpha value is -1.79. The van der Waals surface area contributed by atoms with Crippen molar-refractivity contribution in [1.82, 2.24) is 9.97 Å². The minimum Gasteiger partial charge on any atom is -0.496 e. The smallest absolute Gasteiger partial charge is 0.147 e. The second-order valence-corrected chi connectivity index (χ2v) is 5.60. The second-order valence-electron chi connectivity index (χ2n) is 4.57. The molecule has 0 spiro atoms. The van der Waals surface area contributed by atoms with E-state index in [0.717, 1.165) is 39.9 Å². The lowest BCUT2D eigenvalue weighted by atomic mass is 10.3. The summed E-state index contributed by atoms with van der Waals surface area (Å²) < 4.78 is 5.39. The molecule has 1 heterocycles. The van der Waals surface area contributed by atoms with E-state index in [1.807, 2.05) is 31.2 Å². The predicted octanol–water partition coefficient (Wildman–Crippen LogP) is 3.18. The summed E-state index contributed by atoms with van der Waals surface area (Å²) in [4.78, 5) is 10.1. The van der Waals surface area contributed by atoms with Gasteiger partial charge in [-0.1, -0.05) is 30.8 Å². The Balaban J connectivity index is 2.40. The Morgan fingerprint density at radius 1 is 1.29 bits per heavy atom. The van der Waals surface area contributed by atoms with E-state index in [9.17, 15) is 0 Å². The number of benzene rings is 1. The second kappa shape index (κ2) is 7.28. The van der Waals surface area contributed by atoms with Gasteiger partial charge in [-0.3, -0.25) is 0 Å². The summed E-state index contributed by atoms with van der Waals surface area (Å²) in [5.74, 6) is 7.86. The van der Waals surface area contributed by atoms with Crippen molar-refractivity contribution < 1.29 is 4.74 Å². The van der Waals surface area contributed by atoms with E-state index in [0.29, 0.717) is 5.82 Å². The SMILES string of the molecule is CCCc1nc(NN)c(C)c(Sc2ccccc2OC)n1.